The van der Waals surface area contributed by atoms with Crippen LogP contribution in [0.2, 0.25) is 0 Å². The minimum absolute atomic E-state index is 0.144. The molecule has 168 valence electrons. The molecule has 4 nitrogen and oxygen atoms in total. The molecule has 2 fully saturated rings. The number of anilines is 1. The number of unbranched alkanes of at least 4 members (excludes halogenated alkanes) is 4. The zero-order valence-corrected chi connectivity index (χ0v) is 19.4. The van der Waals surface area contributed by atoms with Crippen molar-refractivity contribution in [2.75, 3.05) is 32.0 Å². The van der Waals surface area contributed by atoms with Crippen LogP contribution in [0.3, 0.4) is 0 Å². The van der Waals surface area contributed by atoms with Gasteiger partial charge in [0.2, 0.25) is 5.91 Å². The molecule has 1 N–H and O–H groups in total. The molecule has 0 bridgehead atoms. The van der Waals surface area contributed by atoms with Gasteiger partial charge >= 0.3 is 0 Å². The number of benzene rings is 1. The number of hydrogen-bond donors (Lipinski definition) is 1. The first-order valence-corrected chi connectivity index (χ1v) is 12.5. The molecule has 1 aromatic rings. The fourth-order valence-electron chi connectivity index (χ4n) is 5.22. The molecule has 2 saturated heterocycles. The molecule has 30 heavy (non-hydrogen) atoms. The predicted molar refractivity (Wildman–Crippen MR) is 127 cm³/mol. The summed E-state index contributed by atoms with van der Waals surface area (Å²) in [7, 11) is 2.20. The van der Waals surface area contributed by atoms with Gasteiger partial charge in [-0.3, -0.25) is 9.69 Å². The predicted octanol–water partition coefficient (Wildman–Crippen LogP) is 6.00. The quantitative estimate of drug-likeness (QED) is 0.427. The van der Waals surface area contributed by atoms with Gasteiger partial charge in [0.05, 0.1) is 0 Å². The molecule has 4 heteroatoms. The van der Waals surface area contributed by atoms with Crippen molar-refractivity contribution in [1.82, 2.24) is 9.80 Å². The Balaban J connectivity index is 1.33. The fraction of sp³-hybridized carbons (Fsp3) is 0.731. The lowest BCUT2D eigenvalue weighted by Gasteiger charge is -2.34. The first kappa shape index (κ1) is 23.3. The lowest BCUT2D eigenvalue weighted by atomic mass is 10.0. The Morgan fingerprint density at radius 1 is 1.00 bits per heavy atom. The molecule has 0 spiro atoms. The van der Waals surface area contributed by atoms with E-state index in [1.54, 1.807) is 0 Å². The average molecular weight is 414 g/mol. The summed E-state index contributed by atoms with van der Waals surface area (Å²) in [5.74, 6) is 0.144. The topological polar surface area (TPSA) is 35.6 Å². The van der Waals surface area contributed by atoms with Crippen LogP contribution in [0, 0.1) is 0 Å². The molecule has 1 amide bonds. The van der Waals surface area contributed by atoms with Crippen molar-refractivity contribution in [3.05, 3.63) is 29.8 Å². The van der Waals surface area contributed by atoms with Gasteiger partial charge < -0.3 is 10.2 Å². The Hall–Kier alpha value is -1.39. The molecule has 0 saturated carbocycles. The second-order valence-electron chi connectivity index (χ2n) is 9.47. The molecule has 2 atom stereocenters. The molecule has 2 heterocycles. The van der Waals surface area contributed by atoms with Gasteiger partial charge in [-0.2, -0.15) is 0 Å². The van der Waals surface area contributed by atoms with Crippen LogP contribution in [-0.2, 0) is 4.79 Å². The molecule has 2 unspecified atom stereocenters. The Morgan fingerprint density at radius 3 is 2.53 bits per heavy atom. The molecule has 1 aromatic carbocycles. The number of amides is 1. The minimum atomic E-state index is 0.144. The zero-order valence-electron chi connectivity index (χ0n) is 19.4. The Morgan fingerprint density at radius 2 is 1.77 bits per heavy atom. The summed E-state index contributed by atoms with van der Waals surface area (Å²) in [6.07, 6.45) is 14.7. The van der Waals surface area contributed by atoms with Crippen LogP contribution in [0.15, 0.2) is 24.3 Å². The third-order valence-electron chi connectivity index (χ3n) is 7.01. The normalized spacial score (nSPS) is 21.7. The van der Waals surface area contributed by atoms with E-state index in [-0.39, 0.29) is 5.91 Å². The highest BCUT2D eigenvalue weighted by molar-refractivity contribution is 5.90. The number of rotatable bonds is 12. The Labute approximate surface area is 184 Å². The molecule has 0 aromatic heterocycles. The molecule has 0 radical (unpaired) electrons. The highest BCUT2D eigenvalue weighted by Crippen LogP contribution is 2.40. The average Bonchev–Trinajstić information content (AvgIpc) is 3.19. The maximum atomic E-state index is 12.3. The number of nitrogens with one attached hydrogen (secondary N) is 1. The highest BCUT2D eigenvalue weighted by Gasteiger charge is 2.35. The van der Waals surface area contributed by atoms with E-state index in [4.69, 9.17) is 0 Å². The fourth-order valence-corrected chi connectivity index (χ4v) is 5.22. The third kappa shape index (κ3) is 7.09. The number of carbonyl (C=O) groups is 1. The monoisotopic (exact) mass is 413 g/mol. The zero-order chi connectivity index (χ0) is 21.2. The van der Waals surface area contributed by atoms with Gasteiger partial charge in [0.25, 0.3) is 0 Å². The van der Waals surface area contributed by atoms with Crippen molar-refractivity contribution in [3.63, 3.8) is 0 Å². The van der Waals surface area contributed by atoms with E-state index in [0.29, 0.717) is 12.5 Å². The van der Waals surface area contributed by atoms with E-state index in [2.05, 4.69) is 53.4 Å². The lowest BCUT2D eigenvalue weighted by molar-refractivity contribution is -0.116. The molecular formula is C26H43N3O. The van der Waals surface area contributed by atoms with Gasteiger partial charge in [-0.15, -0.1) is 0 Å². The first-order chi connectivity index (χ1) is 14.7. The largest absolute Gasteiger partial charge is 0.326 e. The molecule has 2 aliphatic heterocycles. The van der Waals surface area contributed by atoms with Crippen molar-refractivity contribution in [1.29, 1.82) is 0 Å². The van der Waals surface area contributed by atoms with Gasteiger partial charge in [-0.25, -0.2) is 0 Å². The molecule has 0 aliphatic carbocycles. The number of nitrogens with zero attached hydrogens (tertiary/aromatic N) is 2. The standard InChI is InChI=1S/C26H43N3O/c1-3-4-5-8-19-28(2)20-9-7-12-26(30)27-23-15-13-22(14-16-23)25-18-17-24-11-6-10-21-29(24)25/h13-16,24-25H,3-12,17-21H2,1-2H3,(H,27,30). The number of fused-ring (bicyclic) bond motifs is 1. The smallest absolute Gasteiger partial charge is 0.224 e. The SMILES string of the molecule is CCCCCCN(C)CCCCC(=O)Nc1ccc(C2CCC3CCCCN32)cc1. The summed E-state index contributed by atoms with van der Waals surface area (Å²) in [6, 6.07) is 10.0. The lowest BCUT2D eigenvalue weighted by Crippen LogP contribution is -2.35. The van der Waals surface area contributed by atoms with E-state index >= 15 is 0 Å². The third-order valence-corrected chi connectivity index (χ3v) is 7.01. The van der Waals surface area contributed by atoms with Crippen LogP contribution in [0.5, 0.6) is 0 Å². The van der Waals surface area contributed by atoms with Gasteiger partial charge in [0, 0.05) is 24.2 Å². The van der Waals surface area contributed by atoms with Crippen molar-refractivity contribution in [2.24, 2.45) is 0 Å². The van der Waals surface area contributed by atoms with E-state index < -0.39 is 0 Å². The van der Waals surface area contributed by atoms with Gasteiger partial charge in [0.15, 0.2) is 0 Å². The summed E-state index contributed by atoms with van der Waals surface area (Å²) >= 11 is 0. The summed E-state index contributed by atoms with van der Waals surface area (Å²) in [5.41, 5.74) is 2.35. The highest BCUT2D eigenvalue weighted by atomic mass is 16.1. The molecule has 2 aliphatic rings. The van der Waals surface area contributed by atoms with Crippen molar-refractivity contribution < 1.29 is 4.79 Å². The summed E-state index contributed by atoms with van der Waals surface area (Å²) in [4.78, 5) is 17.4. The summed E-state index contributed by atoms with van der Waals surface area (Å²) in [5, 5.41) is 3.09. The Bertz CT molecular complexity index is 630. The summed E-state index contributed by atoms with van der Waals surface area (Å²) < 4.78 is 0. The Kier molecular flexibility index (Phi) is 9.67. The molecular weight excluding hydrogens is 370 g/mol. The van der Waals surface area contributed by atoms with Crippen molar-refractivity contribution >= 4 is 11.6 Å². The van der Waals surface area contributed by atoms with Crippen LogP contribution in [0.25, 0.3) is 0 Å². The van der Waals surface area contributed by atoms with Crippen LogP contribution in [-0.4, -0.2) is 48.4 Å². The van der Waals surface area contributed by atoms with E-state index in [1.165, 1.54) is 76.4 Å². The van der Waals surface area contributed by atoms with Crippen molar-refractivity contribution in [2.45, 2.75) is 96.1 Å². The van der Waals surface area contributed by atoms with E-state index in [1.807, 2.05) is 0 Å². The van der Waals surface area contributed by atoms with Gasteiger partial charge in [-0.05, 0) is 89.3 Å². The van der Waals surface area contributed by atoms with E-state index in [0.717, 1.165) is 31.1 Å². The van der Waals surface area contributed by atoms with E-state index in [9.17, 15) is 4.79 Å². The van der Waals surface area contributed by atoms with Crippen molar-refractivity contribution in [3.8, 4) is 0 Å². The number of hydrogen-bond acceptors (Lipinski definition) is 3. The maximum absolute atomic E-state index is 12.3. The molecule has 3 rings (SSSR count). The number of piperidine rings is 1. The summed E-state index contributed by atoms with van der Waals surface area (Å²) in [6.45, 7) is 5.77. The van der Waals surface area contributed by atoms with Crippen LogP contribution in [0.4, 0.5) is 5.69 Å². The van der Waals surface area contributed by atoms with Crippen LogP contribution >= 0.6 is 0 Å². The van der Waals surface area contributed by atoms with Crippen LogP contribution in [0.1, 0.15) is 95.6 Å². The van der Waals surface area contributed by atoms with Gasteiger partial charge in [-0.1, -0.05) is 44.7 Å². The van der Waals surface area contributed by atoms with Gasteiger partial charge in [0.1, 0.15) is 0 Å². The second-order valence-corrected chi connectivity index (χ2v) is 9.47. The maximum Gasteiger partial charge on any atom is 0.224 e. The van der Waals surface area contributed by atoms with Crippen LogP contribution < -0.4 is 5.32 Å². The first-order valence-electron chi connectivity index (χ1n) is 12.5. The second kappa shape index (κ2) is 12.5. The minimum Gasteiger partial charge on any atom is -0.326 e. The number of carbonyl (C=O) groups excluding carboxylic acids is 1.